The van der Waals surface area contributed by atoms with Gasteiger partial charge in [-0.2, -0.15) is 19.0 Å². The first-order valence-corrected chi connectivity index (χ1v) is 18.7. The number of benzene rings is 3. The molecule has 1 fully saturated rings. The third-order valence-corrected chi connectivity index (χ3v) is 10.4. The first kappa shape index (κ1) is 35.8. The zero-order valence-electron chi connectivity index (χ0n) is 28.1. The fourth-order valence-corrected chi connectivity index (χ4v) is 8.14. The predicted octanol–water partition coefficient (Wildman–Crippen LogP) is 6.93. The van der Waals surface area contributed by atoms with Gasteiger partial charge in [0.05, 0.1) is 50.6 Å². The van der Waals surface area contributed by atoms with Gasteiger partial charge in [0.15, 0.2) is 5.82 Å². The fourth-order valence-electron chi connectivity index (χ4n) is 7.40. The molecule has 2 aliphatic carbocycles. The molecule has 280 valence electrons. The van der Waals surface area contributed by atoms with Crippen molar-refractivity contribution in [2.24, 2.45) is 13.0 Å². The van der Waals surface area contributed by atoms with Gasteiger partial charge in [-0.3, -0.25) is 18.9 Å². The summed E-state index contributed by atoms with van der Waals surface area (Å²) in [6.45, 7) is -0.887. The van der Waals surface area contributed by atoms with Crippen molar-refractivity contribution in [3.8, 4) is 11.3 Å². The summed E-state index contributed by atoms with van der Waals surface area (Å²) in [5.74, 6) is -8.26. The SMILES string of the molecule is Cn1nc(NS(C)(=O)=O)c2c(Cl)ccc(-c3nc4ccccc4nc3[C@@H](Cc3cc(F)cc(F)c3)NC(=O)Cn3nc(C(F)F)c4c3C(F)(F)[C@@H]3C[C@H]43)c21. The molecule has 1 saturated carbocycles. The number of carbonyl (C=O) groups is 1. The number of aryl methyl sites for hydroxylation is 1. The minimum absolute atomic E-state index is 0.0354. The van der Waals surface area contributed by atoms with E-state index in [-0.39, 0.29) is 51.6 Å². The van der Waals surface area contributed by atoms with Crippen molar-refractivity contribution in [3.05, 3.63) is 99.5 Å². The summed E-state index contributed by atoms with van der Waals surface area (Å²) in [7, 11) is -2.28. The monoisotopic (exact) mass is 788 g/mol. The minimum Gasteiger partial charge on any atom is -0.346 e. The largest absolute Gasteiger partial charge is 0.346 e. The predicted molar refractivity (Wildman–Crippen MR) is 186 cm³/mol. The van der Waals surface area contributed by atoms with Crippen LogP contribution in [-0.2, 0) is 40.8 Å². The number of carbonyl (C=O) groups excluding carboxylic acids is 1. The van der Waals surface area contributed by atoms with Crippen LogP contribution in [-0.4, -0.2) is 50.1 Å². The number of amides is 1. The van der Waals surface area contributed by atoms with Gasteiger partial charge in [0.2, 0.25) is 15.9 Å². The molecule has 2 N–H and O–H groups in total. The maximum Gasteiger partial charge on any atom is 0.293 e. The van der Waals surface area contributed by atoms with Crippen LogP contribution in [0.3, 0.4) is 0 Å². The van der Waals surface area contributed by atoms with Crippen LogP contribution in [0.2, 0.25) is 5.02 Å². The zero-order chi connectivity index (χ0) is 38.4. The Hall–Kier alpha value is -5.23. The smallest absolute Gasteiger partial charge is 0.293 e. The van der Waals surface area contributed by atoms with Crippen LogP contribution in [0.25, 0.3) is 33.2 Å². The van der Waals surface area contributed by atoms with E-state index in [0.717, 1.165) is 18.4 Å². The summed E-state index contributed by atoms with van der Waals surface area (Å²) in [6.07, 6.45) is -2.48. The maximum atomic E-state index is 15.3. The second-order valence-corrected chi connectivity index (χ2v) is 15.5. The van der Waals surface area contributed by atoms with Gasteiger partial charge in [-0.1, -0.05) is 23.7 Å². The van der Waals surface area contributed by atoms with Crippen molar-refractivity contribution in [2.75, 3.05) is 11.0 Å². The van der Waals surface area contributed by atoms with Crippen LogP contribution in [0, 0.1) is 17.6 Å². The topological polar surface area (TPSA) is 137 Å². The van der Waals surface area contributed by atoms with E-state index in [0.29, 0.717) is 32.9 Å². The van der Waals surface area contributed by atoms with Crippen molar-refractivity contribution < 1.29 is 39.6 Å². The van der Waals surface area contributed by atoms with Crippen LogP contribution in [0.5, 0.6) is 0 Å². The molecule has 19 heteroatoms. The number of nitrogens with zero attached hydrogens (tertiary/aromatic N) is 6. The molecule has 3 aromatic carbocycles. The number of sulfonamides is 1. The molecule has 3 heterocycles. The van der Waals surface area contributed by atoms with Crippen LogP contribution in [0.4, 0.5) is 32.2 Å². The normalized spacial score (nSPS) is 17.9. The van der Waals surface area contributed by atoms with Gasteiger partial charge in [0, 0.05) is 30.2 Å². The molecule has 0 saturated heterocycles. The second-order valence-electron chi connectivity index (χ2n) is 13.4. The molecule has 3 atom stereocenters. The van der Waals surface area contributed by atoms with E-state index in [2.05, 4.69) is 20.2 Å². The van der Waals surface area contributed by atoms with Crippen molar-refractivity contribution in [1.82, 2.24) is 34.8 Å². The van der Waals surface area contributed by atoms with Crippen LogP contribution in [0.15, 0.2) is 54.6 Å². The standard InChI is InChI=1S/C35H27ClF6N8O3S/c1-49-31-18(7-8-21(36)27(31)34(47-49)48-54(2,52)53)28-29(45-23-6-4-3-5-22(23)44-28)24(11-15-9-16(37)12-17(38)10-15)43-25(51)14-50-32-26(30(46-50)33(39)40)19-13-20(19)35(32,41)42/h3-10,12,19-20,24,33H,11,13-14H2,1-2H3,(H,43,51)(H,47,48)/t19-,20+,24+/m0/s1. The Bertz CT molecular complexity index is 2630. The molecule has 1 amide bonds. The molecule has 0 spiro atoms. The molecule has 0 aliphatic heterocycles. The Labute approximate surface area is 307 Å². The maximum absolute atomic E-state index is 15.3. The van der Waals surface area contributed by atoms with Gasteiger partial charge in [0.25, 0.3) is 12.3 Å². The average molecular weight is 789 g/mol. The molecule has 54 heavy (non-hydrogen) atoms. The van der Waals surface area contributed by atoms with E-state index in [9.17, 15) is 30.8 Å². The number of halogens is 7. The molecular weight excluding hydrogens is 762 g/mol. The van der Waals surface area contributed by atoms with Crippen LogP contribution < -0.4 is 10.0 Å². The van der Waals surface area contributed by atoms with Gasteiger partial charge in [-0.05, 0) is 60.7 Å². The summed E-state index contributed by atoms with van der Waals surface area (Å²) in [6, 6.07) is 11.2. The van der Waals surface area contributed by atoms with Crippen molar-refractivity contribution in [3.63, 3.8) is 0 Å². The minimum atomic E-state index is -3.81. The molecule has 2 aliphatic rings. The number of para-hydroxylation sites is 2. The van der Waals surface area contributed by atoms with Crippen molar-refractivity contribution in [1.29, 1.82) is 0 Å². The highest BCUT2D eigenvalue weighted by Gasteiger charge is 2.67. The number of rotatable bonds is 10. The Morgan fingerprint density at radius 1 is 1.02 bits per heavy atom. The van der Waals surface area contributed by atoms with Gasteiger partial charge in [-0.25, -0.2) is 35.9 Å². The highest BCUT2D eigenvalue weighted by molar-refractivity contribution is 7.92. The van der Waals surface area contributed by atoms with Gasteiger partial charge in [0.1, 0.15) is 29.6 Å². The number of alkyl halides is 4. The number of fused-ring (bicyclic) bond motifs is 5. The number of hydrogen-bond donors (Lipinski definition) is 2. The second kappa shape index (κ2) is 12.7. The number of hydrogen-bond acceptors (Lipinski definition) is 7. The lowest BCUT2D eigenvalue weighted by Gasteiger charge is -2.23. The zero-order valence-corrected chi connectivity index (χ0v) is 29.7. The molecule has 6 aromatic rings. The Balaban J connectivity index is 1.28. The van der Waals surface area contributed by atoms with E-state index in [1.54, 1.807) is 30.3 Å². The summed E-state index contributed by atoms with van der Waals surface area (Å²) < 4.78 is 116. The van der Waals surface area contributed by atoms with Crippen LogP contribution in [0.1, 0.15) is 53.0 Å². The van der Waals surface area contributed by atoms with Crippen molar-refractivity contribution >= 4 is 55.3 Å². The Morgan fingerprint density at radius 3 is 2.37 bits per heavy atom. The van der Waals surface area contributed by atoms with Crippen LogP contribution >= 0.6 is 11.6 Å². The summed E-state index contributed by atoms with van der Waals surface area (Å²) in [4.78, 5) is 23.5. The first-order valence-electron chi connectivity index (χ1n) is 16.4. The lowest BCUT2D eigenvalue weighted by Crippen LogP contribution is -2.35. The third-order valence-electron chi connectivity index (χ3n) is 9.56. The van der Waals surface area contributed by atoms with E-state index < -0.39 is 75.7 Å². The van der Waals surface area contributed by atoms with Gasteiger partial charge < -0.3 is 5.32 Å². The van der Waals surface area contributed by atoms with E-state index in [4.69, 9.17) is 21.6 Å². The summed E-state index contributed by atoms with van der Waals surface area (Å²) >= 11 is 6.58. The van der Waals surface area contributed by atoms with Gasteiger partial charge >= 0.3 is 0 Å². The van der Waals surface area contributed by atoms with E-state index in [1.807, 2.05) is 0 Å². The Kier molecular flexibility index (Phi) is 8.40. The molecule has 3 aromatic heterocycles. The molecule has 0 bridgehead atoms. The quantitative estimate of drug-likeness (QED) is 0.144. The lowest BCUT2D eigenvalue weighted by molar-refractivity contribution is -0.123. The molecular formula is C35H27ClF6N8O3S. The molecule has 11 nitrogen and oxygen atoms in total. The summed E-state index contributed by atoms with van der Waals surface area (Å²) in [5.41, 5.74) is -0.166. The summed E-state index contributed by atoms with van der Waals surface area (Å²) in [5, 5.41) is 11.1. The third kappa shape index (κ3) is 6.19. The fraction of sp³-hybridized carbons (Fsp3) is 0.286. The highest BCUT2D eigenvalue weighted by atomic mass is 35.5. The van der Waals surface area contributed by atoms with Crippen molar-refractivity contribution in [2.45, 2.75) is 43.7 Å². The highest BCUT2D eigenvalue weighted by Crippen LogP contribution is 2.68. The molecule has 8 rings (SSSR count). The van der Waals surface area contributed by atoms with E-state index in [1.165, 1.54) is 17.8 Å². The Morgan fingerprint density at radius 2 is 1.70 bits per heavy atom. The van der Waals surface area contributed by atoms with Gasteiger partial charge in [-0.15, -0.1) is 0 Å². The van der Waals surface area contributed by atoms with E-state index >= 15 is 8.78 Å². The molecule has 0 radical (unpaired) electrons. The molecule has 0 unspecified atom stereocenters. The first-order chi connectivity index (χ1) is 25.5. The number of anilines is 1. The average Bonchev–Trinajstić information content (AvgIpc) is 3.62. The number of nitrogens with one attached hydrogen (secondary N) is 2. The lowest BCUT2D eigenvalue weighted by atomic mass is 9.97. The number of aromatic nitrogens is 6.